The highest BCUT2D eigenvalue weighted by atomic mass is 14.9. The minimum Gasteiger partial charge on any atom is -0.308 e. The summed E-state index contributed by atoms with van der Waals surface area (Å²) in [5.41, 5.74) is 2.46. The molecular weight excluding hydrogens is 232 g/mol. The quantitative estimate of drug-likeness (QED) is 0.851. The molecule has 0 radical (unpaired) electrons. The second-order valence-corrected chi connectivity index (χ2v) is 5.30. The van der Waals surface area contributed by atoms with Crippen LogP contribution in [0, 0.1) is 5.92 Å². The average molecular weight is 254 g/mol. The van der Waals surface area contributed by atoms with E-state index in [0.717, 1.165) is 18.7 Å². The van der Waals surface area contributed by atoms with Crippen molar-refractivity contribution in [1.29, 1.82) is 0 Å². The van der Waals surface area contributed by atoms with Gasteiger partial charge in [-0.1, -0.05) is 50.2 Å². The van der Waals surface area contributed by atoms with Gasteiger partial charge in [-0.2, -0.15) is 0 Å². The molecule has 0 aliphatic carbocycles. The molecule has 1 aromatic carbocycles. The van der Waals surface area contributed by atoms with E-state index in [1.165, 1.54) is 5.56 Å². The summed E-state index contributed by atoms with van der Waals surface area (Å²) in [6.07, 6.45) is 2.84. The van der Waals surface area contributed by atoms with Crippen LogP contribution in [0.15, 0.2) is 54.7 Å². The Labute approximate surface area is 115 Å². The number of hydrogen-bond donors (Lipinski definition) is 1. The Kier molecular flexibility index (Phi) is 5.10. The topological polar surface area (TPSA) is 24.9 Å². The normalized spacial score (nSPS) is 12.6. The van der Waals surface area contributed by atoms with Crippen molar-refractivity contribution in [3.8, 4) is 0 Å². The maximum absolute atomic E-state index is 4.49. The molecule has 0 aliphatic heterocycles. The fourth-order valence-corrected chi connectivity index (χ4v) is 2.09. The van der Waals surface area contributed by atoms with Crippen molar-refractivity contribution in [2.45, 2.75) is 26.3 Å². The molecule has 0 saturated carbocycles. The van der Waals surface area contributed by atoms with E-state index in [9.17, 15) is 0 Å². The molecule has 0 fully saturated rings. The van der Waals surface area contributed by atoms with Crippen LogP contribution in [0.2, 0.25) is 0 Å². The SMILES string of the molecule is CC(C)CNC(Cc1ccccc1)c1ccccn1. The Balaban J connectivity index is 2.10. The highest BCUT2D eigenvalue weighted by Gasteiger charge is 2.13. The van der Waals surface area contributed by atoms with E-state index in [4.69, 9.17) is 0 Å². The van der Waals surface area contributed by atoms with Crippen molar-refractivity contribution in [2.75, 3.05) is 6.54 Å². The Morgan fingerprint density at radius 3 is 2.37 bits per heavy atom. The van der Waals surface area contributed by atoms with Crippen LogP contribution < -0.4 is 5.32 Å². The first-order chi connectivity index (χ1) is 9.25. The molecule has 1 atom stereocenters. The van der Waals surface area contributed by atoms with Gasteiger partial charge in [-0.25, -0.2) is 0 Å². The molecule has 2 heteroatoms. The van der Waals surface area contributed by atoms with Crippen molar-refractivity contribution < 1.29 is 0 Å². The first-order valence-electron chi connectivity index (χ1n) is 6.94. The number of rotatable bonds is 6. The molecule has 1 N–H and O–H groups in total. The largest absolute Gasteiger partial charge is 0.308 e. The summed E-state index contributed by atoms with van der Waals surface area (Å²) in [6, 6.07) is 17.0. The van der Waals surface area contributed by atoms with Gasteiger partial charge in [-0.05, 0) is 36.6 Å². The molecule has 2 rings (SSSR count). The van der Waals surface area contributed by atoms with E-state index in [2.05, 4.69) is 66.6 Å². The molecular formula is C17H22N2. The average Bonchev–Trinajstić information content (AvgIpc) is 2.45. The molecule has 1 heterocycles. The zero-order valence-electron chi connectivity index (χ0n) is 11.7. The van der Waals surface area contributed by atoms with Crippen molar-refractivity contribution in [2.24, 2.45) is 5.92 Å². The summed E-state index contributed by atoms with van der Waals surface area (Å²) in [6.45, 7) is 5.46. The lowest BCUT2D eigenvalue weighted by atomic mass is 10.0. The number of hydrogen-bond acceptors (Lipinski definition) is 2. The lowest BCUT2D eigenvalue weighted by Gasteiger charge is -2.19. The van der Waals surface area contributed by atoms with Gasteiger partial charge in [0.2, 0.25) is 0 Å². The fraction of sp³-hybridized carbons (Fsp3) is 0.353. The summed E-state index contributed by atoms with van der Waals surface area (Å²) in [5, 5.41) is 3.62. The summed E-state index contributed by atoms with van der Waals surface area (Å²) >= 11 is 0. The Hall–Kier alpha value is -1.67. The van der Waals surface area contributed by atoms with Gasteiger partial charge in [-0.3, -0.25) is 4.98 Å². The number of nitrogens with zero attached hydrogens (tertiary/aromatic N) is 1. The lowest BCUT2D eigenvalue weighted by molar-refractivity contribution is 0.464. The van der Waals surface area contributed by atoms with Gasteiger partial charge in [0.1, 0.15) is 0 Å². The Morgan fingerprint density at radius 2 is 1.74 bits per heavy atom. The van der Waals surface area contributed by atoms with Crippen molar-refractivity contribution >= 4 is 0 Å². The van der Waals surface area contributed by atoms with Crippen molar-refractivity contribution in [3.05, 3.63) is 66.0 Å². The van der Waals surface area contributed by atoms with Crippen LogP contribution >= 0.6 is 0 Å². The van der Waals surface area contributed by atoms with E-state index in [0.29, 0.717) is 5.92 Å². The summed E-state index contributed by atoms with van der Waals surface area (Å²) < 4.78 is 0. The predicted molar refractivity (Wildman–Crippen MR) is 80.0 cm³/mol. The molecule has 0 saturated heterocycles. The summed E-state index contributed by atoms with van der Waals surface area (Å²) in [5.74, 6) is 0.641. The van der Waals surface area contributed by atoms with E-state index < -0.39 is 0 Å². The molecule has 100 valence electrons. The third kappa shape index (κ3) is 4.49. The predicted octanol–water partition coefficient (Wildman–Crippen LogP) is 3.61. The van der Waals surface area contributed by atoms with Gasteiger partial charge in [0.25, 0.3) is 0 Å². The molecule has 19 heavy (non-hydrogen) atoms. The van der Waals surface area contributed by atoms with Gasteiger partial charge >= 0.3 is 0 Å². The summed E-state index contributed by atoms with van der Waals surface area (Å²) in [4.78, 5) is 4.49. The molecule has 2 nitrogen and oxygen atoms in total. The van der Waals surface area contributed by atoms with Crippen LogP contribution in [0.5, 0.6) is 0 Å². The fourth-order valence-electron chi connectivity index (χ4n) is 2.09. The molecule has 0 bridgehead atoms. The van der Waals surface area contributed by atoms with Crippen LogP contribution in [0.25, 0.3) is 0 Å². The molecule has 2 aromatic rings. The maximum atomic E-state index is 4.49. The monoisotopic (exact) mass is 254 g/mol. The zero-order chi connectivity index (χ0) is 13.5. The van der Waals surface area contributed by atoms with Crippen LogP contribution in [0.1, 0.15) is 31.1 Å². The van der Waals surface area contributed by atoms with Crippen LogP contribution in [0.3, 0.4) is 0 Å². The molecule has 0 spiro atoms. The highest BCUT2D eigenvalue weighted by Crippen LogP contribution is 2.16. The molecule has 1 unspecified atom stereocenters. The third-order valence-electron chi connectivity index (χ3n) is 3.10. The standard InChI is InChI=1S/C17H22N2/c1-14(2)13-19-17(16-10-6-7-11-18-16)12-15-8-4-3-5-9-15/h3-11,14,17,19H,12-13H2,1-2H3. The minimum absolute atomic E-state index is 0.283. The highest BCUT2D eigenvalue weighted by molar-refractivity contribution is 5.19. The van der Waals surface area contributed by atoms with Crippen LogP contribution in [-0.4, -0.2) is 11.5 Å². The molecule has 1 aromatic heterocycles. The number of aromatic nitrogens is 1. The first-order valence-corrected chi connectivity index (χ1v) is 6.94. The van der Waals surface area contributed by atoms with Gasteiger partial charge in [0.15, 0.2) is 0 Å². The maximum Gasteiger partial charge on any atom is 0.0576 e. The van der Waals surface area contributed by atoms with Gasteiger partial charge in [-0.15, -0.1) is 0 Å². The Morgan fingerprint density at radius 1 is 1.00 bits per heavy atom. The van der Waals surface area contributed by atoms with Crippen molar-refractivity contribution in [3.63, 3.8) is 0 Å². The van der Waals surface area contributed by atoms with E-state index in [1.54, 1.807) is 0 Å². The number of nitrogens with one attached hydrogen (secondary N) is 1. The lowest BCUT2D eigenvalue weighted by Crippen LogP contribution is -2.27. The Bertz CT molecular complexity index is 465. The van der Waals surface area contributed by atoms with E-state index in [-0.39, 0.29) is 6.04 Å². The molecule has 0 amide bonds. The number of pyridine rings is 1. The zero-order valence-corrected chi connectivity index (χ0v) is 11.7. The van der Waals surface area contributed by atoms with Crippen molar-refractivity contribution in [1.82, 2.24) is 10.3 Å². The van der Waals surface area contributed by atoms with E-state index >= 15 is 0 Å². The van der Waals surface area contributed by atoms with Crippen LogP contribution in [0.4, 0.5) is 0 Å². The number of benzene rings is 1. The van der Waals surface area contributed by atoms with Gasteiger partial charge in [0, 0.05) is 6.20 Å². The second kappa shape index (κ2) is 7.05. The second-order valence-electron chi connectivity index (χ2n) is 5.30. The smallest absolute Gasteiger partial charge is 0.0576 e. The minimum atomic E-state index is 0.283. The van der Waals surface area contributed by atoms with E-state index in [1.807, 2.05) is 12.3 Å². The van der Waals surface area contributed by atoms with Gasteiger partial charge in [0.05, 0.1) is 11.7 Å². The summed E-state index contributed by atoms with van der Waals surface area (Å²) in [7, 11) is 0. The molecule has 0 aliphatic rings. The van der Waals surface area contributed by atoms with Gasteiger partial charge < -0.3 is 5.32 Å². The third-order valence-corrected chi connectivity index (χ3v) is 3.10. The van der Waals surface area contributed by atoms with Crippen LogP contribution in [-0.2, 0) is 6.42 Å². The first kappa shape index (κ1) is 13.8.